The predicted molar refractivity (Wildman–Crippen MR) is 39.8 cm³/mol. The van der Waals surface area contributed by atoms with Crippen molar-refractivity contribution in [3.63, 3.8) is 0 Å². The van der Waals surface area contributed by atoms with Crippen LogP contribution in [0.2, 0.25) is 0 Å². The molecule has 0 heterocycles. The summed E-state index contributed by atoms with van der Waals surface area (Å²) in [5.74, 6) is -0.808. The first kappa shape index (κ1) is 8.99. The van der Waals surface area contributed by atoms with Crippen LogP contribution in [0.4, 0.5) is 0 Å². The molecule has 0 unspecified atom stereocenters. The monoisotopic (exact) mass is 140 g/mol. The topological polar surface area (TPSA) is 37.3 Å². The van der Waals surface area contributed by atoms with Crippen molar-refractivity contribution in [2.24, 2.45) is 0 Å². The number of hydrogen-bond donors (Lipinski definition) is 1. The Labute approximate surface area is 60.9 Å². The van der Waals surface area contributed by atoms with Crippen molar-refractivity contribution in [1.82, 2.24) is 0 Å². The van der Waals surface area contributed by atoms with Crippen molar-refractivity contribution in [3.8, 4) is 0 Å². The van der Waals surface area contributed by atoms with Gasteiger partial charge in [0, 0.05) is 0 Å². The highest BCUT2D eigenvalue weighted by Crippen LogP contribution is 1.86. The summed E-state index contributed by atoms with van der Waals surface area (Å²) in [4.78, 5) is 9.95. The first-order valence-electron chi connectivity index (χ1n) is 3.38. The molecule has 56 valence electrons. The molecule has 0 fully saturated rings. The molecule has 10 heavy (non-hydrogen) atoms. The first-order valence-corrected chi connectivity index (χ1v) is 3.38. The Hall–Kier alpha value is -1.01. The summed E-state index contributed by atoms with van der Waals surface area (Å²) in [7, 11) is 0. The molecule has 0 aromatic carbocycles. The Morgan fingerprint density at radius 1 is 1.60 bits per heavy atom. The Morgan fingerprint density at radius 2 is 2.30 bits per heavy atom. The minimum Gasteiger partial charge on any atom is -0.481 e. The molecule has 0 aromatic rings. The molecule has 0 aromatic heterocycles. The second kappa shape index (κ2) is 6.12. The van der Waals surface area contributed by atoms with E-state index < -0.39 is 5.97 Å². The Balaban J connectivity index is 3.44. The van der Waals surface area contributed by atoms with Gasteiger partial charge in [0.15, 0.2) is 0 Å². The van der Waals surface area contributed by atoms with Crippen molar-refractivity contribution >= 4 is 5.97 Å². The molecular formula is C8H12O2. The summed E-state index contributed by atoms with van der Waals surface area (Å²) in [6, 6.07) is 0. The molecule has 0 aliphatic carbocycles. The maximum Gasteiger partial charge on any atom is 0.307 e. The fourth-order valence-electron chi connectivity index (χ4n) is 0.457. The summed E-state index contributed by atoms with van der Waals surface area (Å²) in [5.41, 5.74) is 2.79. The first-order chi connectivity index (χ1) is 4.77. The van der Waals surface area contributed by atoms with E-state index in [2.05, 4.69) is 12.7 Å². The van der Waals surface area contributed by atoms with Crippen molar-refractivity contribution in [2.75, 3.05) is 0 Å². The number of hydrogen-bond acceptors (Lipinski definition) is 1. The molecule has 0 amide bonds. The summed E-state index contributed by atoms with van der Waals surface area (Å²) in [6.45, 7) is 2.06. The fourth-order valence-corrected chi connectivity index (χ4v) is 0.457. The second-order valence-electron chi connectivity index (χ2n) is 1.96. The summed E-state index contributed by atoms with van der Waals surface area (Å²) in [5, 5.41) is 8.18. The SMILES string of the molecule is CCCC=C=CCC(=O)O. The Morgan fingerprint density at radius 3 is 2.80 bits per heavy atom. The Kier molecular flexibility index (Phi) is 5.50. The average molecular weight is 140 g/mol. The number of aliphatic carboxylic acids is 1. The van der Waals surface area contributed by atoms with Crippen molar-refractivity contribution in [1.29, 1.82) is 0 Å². The molecule has 2 heteroatoms. The van der Waals surface area contributed by atoms with Crippen LogP contribution in [0.5, 0.6) is 0 Å². The second-order valence-corrected chi connectivity index (χ2v) is 1.96. The highest BCUT2D eigenvalue weighted by Gasteiger charge is 1.86. The van der Waals surface area contributed by atoms with Crippen molar-refractivity contribution in [3.05, 3.63) is 17.9 Å². The quantitative estimate of drug-likeness (QED) is 0.606. The van der Waals surface area contributed by atoms with Crippen LogP contribution in [-0.4, -0.2) is 11.1 Å². The van der Waals surface area contributed by atoms with Crippen LogP contribution in [0.25, 0.3) is 0 Å². The van der Waals surface area contributed by atoms with Gasteiger partial charge in [-0.3, -0.25) is 4.79 Å². The average Bonchev–Trinajstić information content (AvgIpc) is 1.87. The van der Waals surface area contributed by atoms with Gasteiger partial charge < -0.3 is 5.11 Å². The number of rotatable bonds is 4. The number of carbonyl (C=O) groups is 1. The van der Waals surface area contributed by atoms with Crippen LogP contribution in [0.1, 0.15) is 26.2 Å². The van der Waals surface area contributed by atoms with Gasteiger partial charge in [-0.2, -0.15) is 0 Å². The van der Waals surface area contributed by atoms with Gasteiger partial charge in [0.05, 0.1) is 6.42 Å². The summed E-state index contributed by atoms with van der Waals surface area (Å²) < 4.78 is 0. The van der Waals surface area contributed by atoms with E-state index in [1.165, 1.54) is 6.08 Å². The minimum absolute atomic E-state index is 0.0697. The van der Waals surface area contributed by atoms with Crippen molar-refractivity contribution < 1.29 is 9.90 Å². The van der Waals surface area contributed by atoms with Crippen molar-refractivity contribution in [2.45, 2.75) is 26.2 Å². The zero-order valence-corrected chi connectivity index (χ0v) is 6.13. The molecule has 0 saturated heterocycles. The molecule has 0 atom stereocenters. The van der Waals surface area contributed by atoms with E-state index in [1.54, 1.807) is 0 Å². The minimum atomic E-state index is -0.808. The molecule has 0 radical (unpaired) electrons. The van der Waals surface area contributed by atoms with E-state index in [0.29, 0.717) is 0 Å². The maximum absolute atomic E-state index is 9.95. The fraction of sp³-hybridized carbons (Fsp3) is 0.500. The molecule has 0 aliphatic rings. The van der Waals surface area contributed by atoms with E-state index in [0.717, 1.165) is 12.8 Å². The third-order valence-electron chi connectivity index (χ3n) is 0.945. The maximum atomic E-state index is 9.95. The van der Waals surface area contributed by atoms with E-state index in [4.69, 9.17) is 5.11 Å². The molecule has 2 nitrogen and oxygen atoms in total. The highest BCUT2D eigenvalue weighted by molar-refractivity contribution is 5.68. The van der Waals surface area contributed by atoms with Gasteiger partial charge >= 0.3 is 5.97 Å². The van der Waals surface area contributed by atoms with E-state index >= 15 is 0 Å². The number of unbranched alkanes of at least 4 members (excludes halogenated alkanes) is 1. The third kappa shape index (κ3) is 6.99. The van der Waals surface area contributed by atoms with Crippen LogP contribution in [0.3, 0.4) is 0 Å². The van der Waals surface area contributed by atoms with Gasteiger partial charge in [0.25, 0.3) is 0 Å². The zero-order valence-electron chi connectivity index (χ0n) is 6.13. The van der Waals surface area contributed by atoms with E-state index in [9.17, 15) is 4.79 Å². The highest BCUT2D eigenvalue weighted by atomic mass is 16.4. The summed E-state index contributed by atoms with van der Waals surface area (Å²) in [6.07, 6.45) is 5.49. The number of carboxylic acids is 1. The van der Waals surface area contributed by atoms with Gasteiger partial charge in [0.2, 0.25) is 0 Å². The lowest BCUT2D eigenvalue weighted by Gasteiger charge is -1.78. The Bertz CT molecular complexity index is 153. The van der Waals surface area contributed by atoms with Crippen LogP contribution >= 0.6 is 0 Å². The molecule has 0 aliphatic heterocycles. The largest absolute Gasteiger partial charge is 0.481 e. The lowest BCUT2D eigenvalue weighted by atomic mass is 10.3. The molecule has 0 saturated carbocycles. The van der Waals surface area contributed by atoms with Crippen LogP contribution < -0.4 is 0 Å². The summed E-state index contributed by atoms with van der Waals surface area (Å²) >= 11 is 0. The van der Waals surface area contributed by atoms with Gasteiger partial charge in [-0.05, 0) is 18.6 Å². The molecular weight excluding hydrogens is 128 g/mol. The molecule has 0 spiro atoms. The normalized spacial score (nSPS) is 8.10. The van der Waals surface area contributed by atoms with Gasteiger partial charge in [-0.15, -0.1) is 5.73 Å². The van der Waals surface area contributed by atoms with E-state index in [-0.39, 0.29) is 6.42 Å². The molecule has 0 rings (SSSR count). The smallest absolute Gasteiger partial charge is 0.307 e. The van der Waals surface area contributed by atoms with E-state index in [1.807, 2.05) is 6.08 Å². The lowest BCUT2D eigenvalue weighted by Crippen LogP contribution is -1.88. The zero-order chi connectivity index (χ0) is 7.82. The molecule has 1 N–H and O–H groups in total. The lowest BCUT2D eigenvalue weighted by molar-refractivity contribution is -0.135. The van der Waals surface area contributed by atoms with Gasteiger partial charge in [0.1, 0.15) is 0 Å². The van der Waals surface area contributed by atoms with Crippen LogP contribution in [0, 0.1) is 0 Å². The molecule has 0 bridgehead atoms. The van der Waals surface area contributed by atoms with Crippen LogP contribution in [-0.2, 0) is 4.79 Å². The predicted octanol–water partition coefficient (Wildman–Crippen LogP) is 1.97. The van der Waals surface area contributed by atoms with Gasteiger partial charge in [-0.1, -0.05) is 13.3 Å². The third-order valence-corrected chi connectivity index (χ3v) is 0.945. The van der Waals surface area contributed by atoms with Crippen LogP contribution in [0.15, 0.2) is 17.9 Å². The van der Waals surface area contributed by atoms with Gasteiger partial charge in [-0.25, -0.2) is 0 Å². The standard InChI is InChI=1S/C8H12O2/c1-2-3-4-5-6-7-8(9)10/h4,6H,2-3,7H2,1H3,(H,9,10). The number of carboxylic acid groups (broad SMARTS) is 1.